The van der Waals surface area contributed by atoms with Gasteiger partial charge in [-0.2, -0.15) is 0 Å². The zero-order valence-corrected chi connectivity index (χ0v) is 11.6. The highest BCUT2D eigenvalue weighted by Crippen LogP contribution is 2.23. The van der Waals surface area contributed by atoms with Crippen LogP contribution in [0.4, 0.5) is 10.2 Å². The number of hydrogen-bond donors (Lipinski definition) is 1. The lowest BCUT2D eigenvalue weighted by molar-refractivity contribution is 0.303. The van der Waals surface area contributed by atoms with Crippen LogP contribution >= 0.6 is 0 Å². The Hall–Kier alpha value is -2.62. The highest BCUT2D eigenvalue weighted by Gasteiger charge is 2.07. The van der Waals surface area contributed by atoms with Crippen molar-refractivity contribution in [2.45, 2.75) is 13.5 Å². The van der Waals surface area contributed by atoms with E-state index in [1.165, 1.54) is 12.1 Å². The van der Waals surface area contributed by atoms with E-state index in [2.05, 4.69) is 4.98 Å². The van der Waals surface area contributed by atoms with Crippen molar-refractivity contribution in [3.05, 3.63) is 65.5 Å². The zero-order chi connectivity index (χ0) is 14.8. The van der Waals surface area contributed by atoms with Crippen molar-refractivity contribution in [2.24, 2.45) is 0 Å². The van der Waals surface area contributed by atoms with Crippen LogP contribution in [0.15, 0.2) is 48.5 Å². The number of nitrogens with two attached hydrogens (primary N) is 1. The van der Waals surface area contributed by atoms with Crippen molar-refractivity contribution in [3.8, 4) is 5.75 Å². The number of ether oxygens (including phenoxy) is 1. The van der Waals surface area contributed by atoms with Crippen LogP contribution in [-0.4, -0.2) is 4.98 Å². The monoisotopic (exact) mass is 282 g/mol. The molecule has 0 aliphatic heterocycles. The summed E-state index contributed by atoms with van der Waals surface area (Å²) in [6.45, 7) is 2.13. The van der Waals surface area contributed by atoms with Crippen molar-refractivity contribution in [1.29, 1.82) is 0 Å². The standard InChI is InChI=1S/C17H15FN2O/c1-11-6-7-14(18)9-16(11)21-10-13-8-12-4-2-3-5-15(12)20-17(13)19/h2-9H,10H2,1H3,(H2,19,20). The number of anilines is 1. The van der Waals surface area contributed by atoms with Crippen molar-refractivity contribution in [1.82, 2.24) is 4.98 Å². The van der Waals surface area contributed by atoms with Crippen LogP contribution in [0.1, 0.15) is 11.1 Å². The molecular formula is C17H15FN2O. The zero-order valence-electron chi connectivity index (χ0n) is 11.6. The van der Waals surface area contributed by atoms with Crippen molar-refractivity contribution < 1.29 is 9.13 Å². The van der Waals surface area contributed by atoms with Gasteiger partial charge in [-0.25, -0.2) is 9.37 Å². The fourth-order valence-corrected chi connectivity index (χ4v) is 2.18. The number of rotatable bonds is 3. The van der Waals surface area contributed by atoms with Crippen LogP contribution in [0.3, 0.4) is 0 Å². The van der Waals surface area contributed by atoms with Gasteiger partial charge in [-0.05, 0) is 30.7 Å². The number of benzene rings is 2. The summed E-state index contributed by atoms with van der Waals surface area (Å²) in [5, 5.41) is 1.00. The summed E-state index contributed by atoms with van der Waals surface area (Å²) in [5.41, 5.74) is 8.47. The second kappa shape index (κ2) is 5.40. The Kier molecular flexibility index (Phi) is 3.44. The highest BCUT2D eigenvalue weighted by molar-refractivity contribution is 5.81. The second-order valence-corrected chi connectivity index (χ2v) is 4.92. The lowest BCUT2D eigenvalue weighted by atomic mass is 10.1. The average Bonchev–Trinajstić information content (AvgIpc) is 2.48. The molecule has 0 aliphatic carbocycles. The van der Waals surface area contributed by atoms with Crippen molar-refractivity contribution >= 4 is 16.7 Å². The predicted octanol–water partition coefficient (Wildman–Crippen LogP) is 3.84. The van der Waals surface area contributed by atoms with Crippen LogP contribution in [-0.2, 0) is 6.61 Å². The molecule has 0 saturated carbocycles. The van der Waals surface area contributed by atoms with Gasteiger partial charge in [-0.15, -0.1) is 0 Å². The molecule has 21 heavy (non-hydrogen) atoms. The van der Waals surface area contributed by atoms with Gasteiger partial charge in [-0.3, -0.25) is 0 Å². The first-order valence-corrected chi connectivity index (χ1v) is 6.66. The first-order valence-electron chi connectivity index (χ1n) is 6.66. The van der Waals surface area contributed by atoms with E-state index in [0.717, 1.165) is 22.0 Å². The molecule has 4 heteroatoms. The quantitative estimate of drug-likeness (QED) is 0.794. The second-order valence-electron chi connectivity index (χ2n) is 4.92. The van der Waals surface area contributed by atoms with Crippen LogP contribution < -0.4 is 10.5 Å². The van der Waals surface area contributed by atoms with Gasteiger partial charge in [-0.1, -0.05) is 24.3 Å². The Morgan fingerprint density at radius 2 is 1.95 bits per heavy atom. The minimum Gasteiger partial charge on any atom is -0.488 e. The number of nitrogens with zero attached hydrogens (tertiary/aromatic N) is 1. The maximum atomic E-state index is 13.2. The van der Waals surface area contributed by atoms with E-state index in [4.69, 9.17) is 10.5 Å². The minimum absolute atomic E-state index is 0.258. The van der Waals surface area contributed by atoms with Crippen molar-refractivity contribution in [2.75, 3.05) is 5.73 Å². The summed E-state index contributed by atoms with van der Waals surface area (Å²) in [6, 6.07) is 14.2. The summed E-state index contributed by atoms with van der Waals surface area (Å²) in [5.74, 6) is 0.630. The smallest absolute Gasteiger partial charge is 0.130 e. The van der Waals surface area contributed by atoms with Crippen LogP contribution in [0.5, 0.6) is 5.75 Å². The topological polar surface area (TPSA) is 48.1 Å². The van der Waals surface area contributed by atoms with Gasteiger partial charge in [0.15, 0.2) is 0 Å². The number of para-hydroxylation sites is 1. The third-order valence-corrected chi connectivity index (χ3v) is 3.37. The first-order chi connectivity index (χ1) is 10.1. The maximum Gasteiger partial charge on any atom is 0.130 e. The Labute approximate surface area is 122 Å². The Morgan fingerprint density at radius 1 is 1.14 bits per heavy atom. The molecule has 0 atom stereocenters. The molecule has 1 heterocycles. The van der Waals surface area contributed by atoms with Crippen LogP contribution in [0.2, 0.25) is 0 Å². The van der Waals surface area contributed by atoms with E-state index in [1.54, 1.807) is 6.07 Å². The molecule has 1 aromatic heterocycles. The van der Waals surface area contributed by atoms with Gasteiger partial charge in [0.1, 0.15) is 24.0 Å². The number of aromatic nitrogens is 1. The number of aryl methyl sites for hydroxylation is 1. The summed E-state index contributed by atoms with van der Waals surface area (Å²) >= 11 is 0. The Balaban J connectivity index is 1.88. The first kappa shape index (κ1) is 13.4. The molecular weight excluding hydrogens is 267 g/mol. The van der Waals surface area contributed by atoms with Crippen LogP contribution in [0, 0.1) is 12.7 Å². The summed E-state index contributed by atoms with van der Waals surface area (Å²) in [7, 11) is 0. The number of halogens is 1. The number of pyridine rings is 1. The maximum absolute atomic E-state index is 13.2. The molecule has 0 unspecified atom stereocenters. The van der Waals surface area contributed by atoms with E-state index in [1.807, 2.05) is 37.3 Å². The van der Waals surface area contributed by atoms with Gasteiger partial charge in [0.25, 0.3) is 0 Å². The highest BCUT2D eigenvalue weighted by atomic mass is 19.1. The molecule has 0 radical (unpaired) electrons. The molecule has 106 valence electrons. The fraction of sp³-hybridized carbons (Fsp3) is 0.118. The summed E-state index contributed by atoms with van der Waals surface area (Å²) in [4.78, 5) is 4.35. The molecule has 2 N–H and O–H groups in total. The van der Waals surface area contributed by atoms with E-state index in [9.17, 15) is 4.39 Å². The molecule has 0 fully saturated rings. The van der Waals surface area contributed by atoms with Gasteiger partial charge in [0.05, 0.1) is 5.52 Å². The molecule has 0 aliphatic rings. The van der Waals surface area contributed by atoms with Crippen LogP contribution in [0.25, 0.3) is 10.9 Å². The SMILES string of the molecule is Cc1ccc(F)cc1OCc1cc2ccccc2nc1N. The number of fused-ring (bicyclic) bond motifs is 1. The van der Waals surface area contributed by atoms with E-state index >= 15 is 0 Å². The predicted molar refractivity (Wildman–Crippen MR) is 81.6 cm³/mol. The number of nitrogen functional groups attached to an aromatic ring is 1. The van der Waals surface area contributed by atoms with E-state index in [0.29, 0.717) is 11.6 Å². The molecule has 3 nitrogen and oxygen atoms in total. The lowest BCUT2D eigenvalue weighted by Crippen LogP contribution is -2.03. The Bertz CT molecular complexity index is 802. The fourth-order valence-electron chi connectivity index (χ4n) is 2.18. The molecule has 0 bridgehead atoms. The molecule has 0 amide bonds. The minimum atomic E-state index is -0.319. The van der Waals surface area contributed by atoms with E-state index in [-0.39, 0.29) is 12.4 Å². The molecule has 2 aromatic carbocycles. The van der Waals surface area contributed by atoms with Gasteiger partial charge >= 0.3 is 0 Å². The molecule has 0 saturated heterocycles. The normalized spacial score (nSPS) is 10.8. The third kappa shape index (κ3) is 2.79. The molecule has 3 rings (SSSR count). The van der Waals surface area contributed by atoms with Gasteiger partial charge < -0.3 is 10.5 Å². The Morgan fingerprint density at radius 3 is 2.81 bits per heavy atom. The third-order valence-electron chi connectivity index (χ3n) is 3.37. The lowest BCUT2D eigenvalue weighted by Gasteiger charge is -2.11. The van der Waals surface area contributed by atoms with Gasteiger partial charge in [0.2, 0.25) is 0 Å². The van der Waals surface area contributed by atoms with Crippen molar-refractivity contribution in [3.63, 3.8) is 0 Å². The average molecular weight is 282 g/mol. The van der Waals surface area contributed by atoms with E-state index < -0.39 is 0 Å². The molecule has 3 aromatic rings. The summed E-state index contributed by atoms with van der Waals surface area (Å²) in [6.07, 6.45) is 0. The number of hydrogen-bond acceptors (Lipinski definition) is 3. The summed E-state index contributed by atoms with van der Waals surface area (Å²) < 4.78 is 18.9. The van der Waals surface area contributed by atoms with Gasteiger partial charge in [0, 0.05) is 17.0 Å². The molecule has 0 spiro atoms. The largest absolute Gasteiger partial charge is 0.488 e.